The lowest BCUT2D eigenvalue weighted by molar-refractivity contribution is -0.131. The molecule has 5 nitrogen and oxygen atoms in total. The monoisotopic (exact) mass is 288 g/mol. The molecule has 0 atom stereocenters. The molecule has 1 amide bonds. The first-order valence-corrected chi connectivity index (χ1v) is 7.33. The fourth-order valence-corrected chi connectivity index (χ4v) is 2.52. The van der Waals surface area contributed by atoms with Gasteiger partial charge in [0.2, 0.25) is 0 Å². The number of likely N-dealkylation sites (tertiary alicyclic amines) is 1. The van der Waals surface area contributed by atoms with Crippen LogP contribution in [0.1, 0.15) is 48.0 Å². The molecule has 1 fully saturated rings. The van der Waals surface area contributed by atoms with Crippen molar-refractivity contribution in [3.63, 3.8) is 0 Å². The van der Waals surface area contributed by atoms with Crippen LogP contribution in [0.3, 0.4) is 0 Å². The number of hydrogen-bond acceptors (Lipinski definition) is 3. The van der Waals surface area contributed by atoms with E-state index in [9.17, 15) is 9.59 Å². The average Bonchev–Trinajstić information content (AvgIpc) is 2.44. The molecule has 2 heterocycles. The van der Waals surface area contributed by atoms with Crippen molar-refractivity contribution in [1.82, 2.24) is 9.88 Å². The van der Waals surface area contributed by atoms with Gasteiger partial charge in [0, 0.05) is 42.7 Å². The highest BCUT2D eigenvalue weighted by Gasteiger charge is 2.18. The Morgan fingerprint density at radius 1 is 1.14 bits per heavy atom. The summed E-state index contributed by atoms with van der Waals surface area (Å²) in [5.74, 6) is -1.08. The Morgan fingerprint density at radius 3 is 2.48 bits per heavy atom. The van der Waals surface area contributed by atoms with Gasteiger partial charge in [-0.1, -0.05) is 19.3 Å². The number of carbonyl (C=O) groups is 2. The summed E-state index contributed by atoms with van der Waals surface area (Å²) in [5.41, 5.74) is 1.06. The smallest absolute Gasteiger partial charge is 0.328 e. The number of amides is 1. The Bertz CT molecular complexity index is 532. The summed E-state index contributed by atoms with van der Waals surface area (Å²) in [6.45, 7) is 1.53. The topological polar surface area (TPSA) is 70.5 Å². The van der Waals surface area contributed by atoms with Crippen molar-refractivity contribution in [3.8, 4) is 0 Å². The molecular weight excluding hydrogens is 268 g/mol. The normalized spacial score (nSPS) is 16.5. The van der Waals surface area contributed by atoms with Gasteiger partial charge in [-0.3, -0.25) is 9.78 Å². The number of carbonyl (C=O) groups excluding carboxylic acids is 1. The minimum absolute atomic E-state index is 0.0376. The predicted molar refractivity (Wildman–Crippen MR) is 79.9 cm³/mol. The third-order valence-electron chi connectivity index (χ3n) is 3.63. The van der Waals surface area contributed by atoms with E-state index in [4.69, 9.17) is 5.11 Å². The van der Waals surface area contributed by atoms with Crippen LogP contribution in [0.4, 0.5) is 0 Å². The number of pyridine rings is 1. The molecule has 112 valence electrons. The quantitative estimate of drug-likeness (QED) is 0.868. The molecule has 0 bridgehead atoms. The lowest BCUT2D eigenvalue weighted by atomic mass is 10.1. The predicted octanol–water partition coefficient (Wildman–Crippen LogP) is 2.59. The summed E-state index contributed by atoms with van der Waals surface area (Å²) in [7, 11) is 0. The zero-order valence-corrected chi connectivity index (χ0v) is 12.0. The van der Waals surface area contributed by atoms with Gasteiger partial charge in [0.1, 0.15) is 0 Å². The highest BCUT2D eigenvalue weighted by molar-refractivity contribution is 5.98. The van der Waals surface area contributed by atoms with E-state index in [0.717, 1.165) is 44.8 Å². The van der Waals surface area contributed by atoms with Crippen molar-refractivity contribution in [3.05, 3.63) is 35.7 Å². The highest BCUT2D eigenvalue weighted by atomic mass is 16.4. The van der Waals surface area contributed by atoms with E-state index in [1.165, 1.54) is 18.7 Å². The third-order valence-corrected chi connectivity index (χ3v) is 3.63. The molecule has 1 aromatic heterocycles. The number of carboxylic acid groups (broad SMARTS) is 1. The van der Waals surface area contributed by atoms with E-state index in [0.29, 0.717) is 11.1 Å². The minimum Gasteiger partial charge on any atom is -0.478 e. The molecule has 1 aliphatic rings. The summed E-state index contributed by atoms with van der Waals surface area (Å²) >= 11 is 0. The SMILES string of the molecule is O=C(O)C=Cc1cnccc1C(=O)N1CCCCCCC1. The summed E-state index contributed by atoms with van der Waals surface area (Å²) in [6, 6.07) is 1.66. The summed E-state index contributed by atoms with van der Waals surface area (Å²) in [6.07, 6.45) is 11.1. The Kier molecular flexibility index (Phi) is 5.49. The zero-order valence-electron chi connectivity index (χ0n) is 12.0. The Labute approximate surface area is 124 Å². The largest absolute Gasteiger partial charge is 0.478 e. The molecule has 1 aliphatic heterocycles. The molecule has 5 heteroatoms. The summed E-state index contributed by atoms with van der Waals surface area (Å²) in [5, 5.41) is 8.72. The van der Waals surface area contributed by atoms with Crippen LogP contribution in [0.2, 0.25) is 0 Å². The number of rotatable bonds is 3. The molecule has 1 N–H and O–H groups in total. The van der Waals surface area contributed by atoms with Gasteiger partial charge in [0.25, 0.3) is 5.91 Å². The number of nitrogens with zero attached hydrogens (tertiary/aromatic N) is 2. The second kappa shape index (κ2) is 7.57. The van der Waals surface area contributed by atoms with Crippen molar-refractivity contribution < 1.29 is 14.7 Å². The minimum atomic E-state index is -1.04. The Morgan fingerprint density at radius 2 is 1.81 bits per heavy atom. The van der Waals surface area contributed by atoms with E-state index in [1.54, 1.807) is 12.3 Å². The fraction of sp³-hybridized carbons (Fsp3) is 0.438. The van der Waals surface area contributed by atoms with Crippen molar-refractivity contribution in [1.29, 1.82) is 0 Å². The number of carboxylic acids is 1. The lowest BCUT2D eigenvalue weighted by Gasteiger charge is -2.25. The standard InChI is InChI=1S/C16H20N2O3/c19-15(20)7-6-13-12-17-9-8-14(13)16(21)18-10-4-2-1-3-5-11-18/h6-9,12H,1-5,10-11H2,(H,19,20). The van der Waals surface area contributed by atoms with Crippen LogP contribution < -0.4 is 0 Å². The number of aromatic nitrogens is 1. The van der Waals surface area contributed by atoms with Crippen molar-refractivity contribution in [2.45, 2.75) is 32.1 Å². The van der Waals surface area contributed by atoms with Gasteiger partial charge in [-0.05, 0) is 25.0 Å². The molecule has 0 aliphatic carbocycles. The molecule has 21 heavy (non-hydrogen) atoms. The van der Waals surface area contributed by atoms with Gasteiger partial charge in [0.05, 0.1) is 0 Å². The molecular formula is C16H20N2O3. The number of hydrogen-bond donors (Lipinski definition) is 1. The van der Waals surface area contributed by atoms with Crippen molar-refractivity contribution in [2.75, 3.05) is 13.1 Å². The molecule has 0 unspecified atom stereocenters. The van der Waals surface area contributed by atoms with Crippen molar-refractivity contribution in [2.24, 2.45) is 0 Å². The fourth-order valence-electron chi connectivity index (χ4n) is 2.52. The maximum atomic E-state index is 12.6. The molecule has 0 spiro atoms. The van der Waals surface area contributed by atoms with Crippen LogP contribution >= 0.6 is 0 Å². The molecule has 1 aromatic rings. The van der Waals surface area contributed by atoms with E-state index in [-0.39, 0.29) is 5.91 Å². The molecule has 0 saturated carbocycles. The van der Waals surface area contributed by atoms with Crippen LogP contribution in [0, 0.1) is 0 Å². The molecule has 0 radical (unpaired) electrons. The van der Waals surface area contributed by atoms with Crippen LogP contribution in [0.15, 0.2) is 24.5 Å². The van der Waals surface area contributed by atoms with Gasteiger partial charge in [0.15, 0.2) is 0 Å². The van der Waals surface area contributed by atoms with Crippen molar-refractivity contribution >= 4 is 18.0 Å². The average molecular weight is 288 g/mol. The van der Waals surface area contributed by atoms with Crippen LogP contribution in [0.5, 0.6) is 0 Å². The summed E-state index contributed by atoms with van der Waals surface area (Å²) < 4.78 is 0. The van der Waals surface area contributed by atoms with Gasteiger partial charge >= 0.3 is 5.97 Å². The first-order valence-electron chi connectivity index (χ1n) is 7.33. The van der Waals surface area contributed by atoms with Gasteiger partial charge < -0.3 is 10.0 Å². The molecule has 0 aromatic carbocycles. The van der Waals surface area contributed by atoms with E-state index >= 15 is 0 Å². The molecule has 1 saturated heterocycles. The van der Waals surface area contributed by atoms with Crippen LogP contribution in [-0.4, -0.2) is 40.0 Å². The zero-order chi connectivity index (χ0) is 15.1. The van der Waals surface area contributed by atoms with Gasteiger partial charge in [-0.2, -0.15) is 0 Å². The van der Waals surface area contributed by atoms with E-state index < -0.39 is 5.97 Å². The maximum absolute atomic E-state index is 12.6. The second-order valence-electron chi connectivity index (χ2n) is 5.19. The van der Waals surface area contributed by atoms with Crippen LogP contribution in [0.25, 0.3) is 6.08 Å². The first kappa shape index (κ1) is 15.2. The van der Waals surface area contributed by atoms with Crippen LogP contribution in [-0.2, 0) is 4.79 Å². The maximum Gasteiger partial charge on any atom is 0.328 e. The third kappa shape index (κ3) is 4.41. The number of aliphatic carboxylic acids is 1. The first-order chi connectivity index (χ1) is 10.2. The second-order valence-corrected chi connectivity index (χ2v) is 5.19. The highest BCUT2D eigenvalue weighted by Crippen LogP contribution is 2.16. The van der Waals surface area contributed by atoms with Gasteiger partial charge in [-0.25, -0.2) is 4.79 Å². The Balaban J connectivity index is 2.19. The lowest BCUT2D eigenvalue weighted by Crippen LogP contribution is -2.34. The Hall–Kier alpha value is -2.17. The summed E-state index contributed by atoms with van der Waals surface area (Å²) in [4.78, 5) is 29.1. The van der Waals surface area contributed by atoms with Gasteiger partial charge in [-0.15, -0.1) is 0 Å². The van der Waals surface area contributed by atoms with E-state index in [2.05, 4.69) is 4.98 Å². The van der Waals surface area contributed by atoms with E-state index in [1.807, 2.05) is 4.90 Å². The molecule has 2 rings (SSSR count).